The molecule has 9 rings (SSSR count). The molecule has 1 spiro atoms. The fourth-order valence-electron chi connectivity index (χ4n) is 14.6. The molecule has 5 heterocycles. The molecule has 5 aliphatic heterocycles. The maximum Gasteiger partial charge on any atom is 0.187 e. The van der Waals surface area contributed by atoms with Gasteiger partial charge in [0.2, 0.25) is 0 Å². The molecule has 9 aliphatic rings. The Balaban J connectivity index is 0.936. The van der Waals surface area contributed by atoms with Crippen LogP contribution in [0.25, 0.3) is 0 Å². The molecule has 0 aromatic carbocycles. The highest BCUT2D eigenvalue weighted by Gasteiger charge is 2.72. The van der Waals surface area contributed by atoms with E-state index in [1.54, 1.807) is 0 Å². The van der Waals surface area contributed by atoms with Crippen molar-refractivity contribution in [2.75, 3.05) is 26.4 Å². The molecule has 64 heavy (non-hydrogen) atoms. The molecular weight excluding hydrogens is 844 g/mol. The Labute approximate surface area is 373 Å². The van der Waals surface area contributed by atoms with Crippen LogP contribution in [0.3, 0.4) is 0 Å². The topological polar surface area (TPSA) is 296 Å². The molecule has 9 fully saturated rings. The van der Waals surface area contributed by atoms with Gasteiger partial charge >= 0.3 is 0 Å². The molecule has 5 saturated heterocycles. The molecule has 28 unspecified atom stereocenters. The van der Waals surface area contributed by atoms with Crippen molar-refractivity contribution in [1.29, 1.82) is 0 Å². The number of aliphatic hydroxyl groups is 11. The van der Waals surface area contributed by atoms with Crippen molar-refractivity contribution < 1.29 is 94.1 Å². The van der Waals surface area contributed by atoms with Gasteiger partial charge < -0.3 is 94.1 Å². The molecule has 19 nitrogen and oxygen atoms in total. The normalized spacial score (nSPS) is 58.6. The van der Waals surface area contributed by atoms with Gasteiger partial charge in [0.05, 0.1) is 44.7 Å². The second-order valence-electron chi connectivity index (χ2n) is 21.6. The first-order valence-corrected chi connectivity index (χ1v) is 23.9. The monoisotopic (exact) mass is 918 g/mol. The van der Waals surface area contributed by atoms with Crippen molar-refractivity contribution in [3.63, 3.8) is 0 Å². The number of fused-ring (bicyclic) bond motifs is 7. The van der Waals surface area contributed by atoms with Crippen LogP contribution >= 0.6 is 0 Å². The average molecular weight is 919 g/mol. The quantitative estimate of drug-likeness (QED) is 0.114. The van der Waals surface area contributed by atoms with Crippen LogP contribution in [-0.2, 0) is 37.9 Å². The molecule has 28 atom stereocenters. The van der Waals surface area contributed by atoms with Gasteiger partial charge in [-0.25, -0.2) is 0 Å². The van der Waals surface area contributed by atoms with Crippen molar-refractivity contribution in [2.45, 2.75) is 202 Å². The molecule has 4 aliphatic carbocycles. The number of aliphatic hydroxyl groups excluding tert-OH is 11. The van der Waals surface area contributed by atoms with E-state index in [1.165, 1.54) is 0 Å². The molecule has 11 N–H and O–H groups in total. The van der Waals surface area contributed by atoms with E-state index in [2.05, 4.69) is 27.7 Å². The summed E-state index contributed by atoms with van der Waals surface area (Å²) >= 11 is 0. The highest BCUT2D eigenvalue weighted by molar-refractivity contribution is 5.18. The van der Waals surface area contributed by atoms with Crippen LogP contribution in [-0.4, -0.2) is 199 Å². The first-order chi connectivity index (χ1) is 30.4. The van der Waals surface area contributed by atoms with Crippen molar-refractivity contribution in [3.8, 4) is 0 Å². The lowest BCUT2D eigenvalue weighted by atomic mass is 9.43. The maximum atomic E-state index is 12.3. The van der Waals surface area contributed by atoms with Crippen molar-refractivity contribution in [1.82, 2.24) is 0 Å². The first-order valence-electron chi connectivity index (χ1n) is 23.9. The lowest BCUT2D eigenvalue weighted by Gasteiger charge is -2.62. The lowest BCUT2D eigenvalue weighted by Crippen LogP contribution is -2.67. The SMILES string of the molecule is CC1CCC2(OC1)OC1CC3C4CCC5CC(OC6OC(CO)C(O)C(OC7OC(CO)C(O)C(O)C7O)C6OC6OC(CO)C(O)C(O)C6O)CCC5(C)C4CC(O)C3(C)C1C2C. The van der Waals surface area contributed by atoms with E-state index < -0.39 is 130 Å². The van der Waals surface area contributed by atoms with Gasteiger partial charge in [-0.3, -0.25) is 0 Å². The van der Waals surface area contributed by atoms with Crippen LogP contribution in [0.5, 0.6) is 0 Å². The first kappa shape index (κ1) is 48.3. The predicted molar refractivity (Wildman–Crippen MR) is 217 cm³/mol. The zero-order valence-electron chi connectivity index (χ0n) is 37.3. The van der Waals surface area contributed by atoms with Gasteiger partial charge in [0.25, 0.3) is 0 Å². The van der Waals surface area contributed by atoms with Crippen molar-refractivity contribution in [2.24, 2.45) is 52.3 Å². The highest BCUT2D eigenvalue weighted by atomic mass is 16.8. The van der Waals surface area contributed by atoms with E-state index in [4.69, 9.17) is 37.9 Å². The largest absolute Gasteiger partial charge is 0.394 e. The van der Waals surface area contributed by atoms with E-state index in [9.17, 15) is 56.2 Å². The minimum atomic E-state index is -1.89. The van der Waals surface area contributed by atoms with Gasteiger partial charge in [-0.1, -0.05) is 27.7 Å². The molecular formula is C45H74O19. The fourth-order valence-corrected chi connectivity index (χ4v) is 14.6. The minimum Gasteiger partial charge on any atom is -0.394 e. The van der Waals surface area contributed by atoms with E-state index in [0.717, 1.165) is 38.5 Å². The summed E-state index contributed by atoms with van der Waals surface area (Å²) in [4.78, 5) is 0. The van der Waals surface area contributed by atoms with E-state index in [-0.39, 0.29) is 40.6 Å². The Morgan fingerprint density at radius 1 is 0.578 bits per heavy atom. The molecule has 368 valence electrons. The number of hydrogen-bond acceptors (Lipinski definition) is 19. The van der Waals surface area contributed by atoms with E-state index in [0.29, 0.717) is 43.6 Å². The van der Waals surface area contributed by atoms with Crippen LogP contribution in [0, 0.1) is 52.3 Å². The fraction of sp³-hybridized carbons (Fsp3) is 1.00. The third kappa shape index (κ3) is 7.76. The summed E-state index contributed by atoms with van der Waals surface area (Å²) in [6.45, 7) is 7.61. The van der Waals surface area contributed by atoms with Gasteiger partial charge in [-0.2, -0.15) is 0 Å². The van der Waals surface area contributed by atoms with Gasteiger partial charge in [0, 0.05) is 23.7 Å². The van der Waals surface area contributed by atoms with Crippen LogP contribution in [0.2, 0.25) is 0 Å². The molecule has 0 radical (unpaired) electrons. The van der Waals surface area contributed by atoms with Crippen molar-refractivity contribution in [3.05, 3.63) is 0 Å². The Morgan fingerprint density at radius 3 is 1.77 bits per heavy atom. The number of rotatable bonds is 9. The van der Waals surface area contributed by atoms with Crippen LogP contribution < -0.4 is 0 Å². The predicted octanol–water partition coefficient (Wildman–Crippen LogP) is -1.76. The summed E-state index contributed by atoms with van der Waals surface area (Å²) < 4.78 is 49.9. The van der Waals surface area contributed by atoms with Crippen LogP contribution in [0.4, 0.5) is 0 Å². The van der Waals surface area contributed by atoms with Gasteiger partial charge in [0.1, 0.15) is 73.2 Å². The maximum absolute atomic E-state index is 12.3. The van der Waals surface area contributed by atoms with Crippen LogP contribution in [0.1, 0.15) is 85.5 Å². The second kappa shape index (κ2) is 18.2. The summed E-state index contributed by atoms with van der Waals surface area (Å²) in [6, 6.07) is 0. The smallest absolute Gasteiger partial charge is 0.187 e. The highest BCUT2D eigenvalue weighted by Crippen LogP contribution is 2.71. The minimum absolute atomic E-state index is 0.0462. The Morgan fingerprint density at radius 2 is 1.17 bits per heavy atom. The summed E-state index contributed by atoms with van der Waals surface area (Å²) in [5, 5.41) is 118. The van der Waals surface area contributed by atoms with Gasteiger partial charge in [-0.15, -0.1) is 0 Å². The van der Waals surface area contributed by atoms with Crippen LogP contribution in [0.15, 0.2) is 0 Å². The zero-order valence-corrected chi connectivity index (χ0v) is 37.3. The molecule has 19 heteroatoms. The Bertz CT molecular complexity index is 1600. The van der Waals surface area contributed by atoms with Gasteiger partial charge in [-0.05, 0) is 86.4 Å². The molecule has 0 aromatic heterocycles. The lowest BCUT2D eigenvalue weighted by molar-refractivity contribution is -0.396. The Hall–Kier alpha value is -0.760. The van der Waals surface area contributed by atoms with Crippen molar-refractivity contribution >= 4 is 0 Å². The number of ether oxygens (including phenoxy) is 8. The third-order valence-corrected chi connectivity index (χ3v) is 18.4. The molecule has 0 aromatic rings. The summed E-state index contributed by atoms with van der Waals surface area (Å²) in [5.41, 5.74) is -0.404. The Kier molecular flexibility index (Phi) is 13.7. The van der Waals surface area contributed by atoms with E-state index >= 15 is 0 Å². The summed E-state index contributed by atoms with van der Waals surface area (Å²) in [6.07, 6.45) is -18.3. The summed E-state index contributed by atoms with van der Waals surface area (Å²) in [5.74, 6) is 1.52. The zero-order chi connectivity index (χ0) is 45.8. The summed E-state index contributed by atoms with van der Waals surface area (Å²) in [7, 11) is 0. The molecule has 0 amide bonds. The standard InChI is InChI=1S/C45H74O19/c1-18-7-10-45(57-17-18)19(2)30-25(64-45)12-24-22-6-5-20-11-21(8-9-43(20,3)23(22)13-29(49)44(24,30)4)58-42-39(63-41-37(56)35(54)32(51)27(15-47)60-41)38(33(52)28(16-48)61-42)62-40-36(55)34(53)31(50)26(14-46)59-40/h18-42,46-56H,5-17H2,1-4H3. The second-order valence-corrected chi connectivity index (χ2v) is 21.6. The molecule has 0 bridgehead atoms. The van der Waals surface area contributed by atoms with Gasteiger partial charge in [0.15, 0.2) is 24.7 Å². The number of hydrogen-bond donors (Lipinski definition) is 11. The van der Waals surface area contributed by atoms with E-state index in [1.807, 2.05) is 0 Å². The third-order valence-electron chi connectivity index (χ3n) is 18.4. The molecule has 4 saturated carbocycles. The average Bonchev–Trinajstić information content (AvgIpc) is 3.73.